The predicted molar refractivity (Wildman–Crippen MR) is 80.9 cm³/mol. The first-order chi connectivity index (χ1) is 9.38. The van der Waals surface area contributed by atoms with E-state index in [-0.39, 0.29) is 0 Å². The summed E-state index contributed by atoms with van der Waals surface area (Å²) >= 11 is 0. The molecule has 0 aliphatic carbocycles. The summed E-state index contributed by atoms with van der Waals surface area (Å²) in [5.41, 5.74) is 1.56. The van der Waals surface area contributed by atoms with E-state index in [4.69, 9.17) is 11.8 Å². The molecule has 0 aromatic heterocycles. The zero-order chi connectivity index (χ0) is 14.3. The monoisotopic (exact) mass is 262 g/mol. The van der Waals surface area contributed by atoms with Gasteiger partial charge >= 0.3 is 0 Å². The molecule has 1 heterocycles. The van der Waals surface area contributed by atoms with Gasteiger partial charge in [0.1, 0.15) is 5.70 Å². The van der Waals surface area contributed by atoms with Crippen LogP contribution in [0, 0.1) is 11.8 Å². The van der Waals surface area contributed by atoms with E-state index in [1.165, 1.54) is 64.3 Å². The molecule has 0 spiro atoms. The minimum atomic E-state index is 1.19. The molecule has 0 bridgehead atoms. The minimum Gasteiger partial charge on any atom is -0.512 e. The van der Waals surface area contributed by atoms with Crippen LogP contribution >= 0.6 is 0 Å². The van der Waals surface area contributed by atoms with Crippen molar-refractivity contribution in [1.82, 2.24) is 0 Å². The van der Waals surface area contributed by atoms with Crippen LogP contribution in [-0.2, 0) is 0 Å². The van der Waals surface area contributed by atoms with Crippen LogP contribution in [0.15, 0.2) is 24.0 Å². The number of hydrogen-bond donors (Lipinski definition) is 1. The summed E-state index contributed by atoms with van der Waals surface area (Å²) in [5, 5.41) is 6.25. The van der Waals surface area contributed by atoms with Crippen molar-refractivity contribution in [3.05, 3.63) is 30.6 Å². The number of allylic oxidation sites excluding steroid dienone is 3. The molecule has 2 heteroatoms. The highest BCUT2D eigenvalue weighted by Gasteiger charge is 2.13. The molecule has 0 radical (unpaired) electrons. The zero-order valence-electron chi connectivity index (χ0n) is 12.8. The van der Waals surface area contributed by atoms with E-state index in [1.807, 2.05) is 0 Å². The molecule has 0 saturated carbocycles. The van der Waals surface area contributed by atoms with Crippen molar-refractivity contribution in [3.63, 3.8) is 0 Å². The lowest BCUT2D eigenvalue weighted by Crippen LogP contribution is -3.04. The van der Waals surface area contributed by atoms with Gasteiger partial charge in [0.15, 0.2) is 0 Å². The average molecular weight is 262 g/mol. The average Bonchev–Trinajstić information content (AvgIpc) is 2.91. The molecule has 108 valence electrons. The number of unbranched alkanes of at least 4 members (excludes halogenated alkanes) is 7. The van der Waals surface area contributed by atoms with Crippen molar-refractivity contribution < 1.29 is 4.90 Å². The largest absolute Gasteiger partial charge is 0.512 e. The van der Waals surface area contributed by atoms with Crippen LogP contribution < -0.4 is 4.90 Å². The number of quaternary nitrogens is 1. The third-order valence-corrected chi connectivity index (χ3v) is 3.69. The van der Waals surface area contributed by atoms with E-state index < -0.39 is 0 Å². The summed E-state index contributed by atoms with van der Waals surface area (Å²) in [6.45, 7) is 10.6. The molecule has 1 atom stereocenters. The Hall–Kier alpha value is -1.07. The SMILES string of the molecule is CCCCCCCCCC[NH+]1C=CC=C1CC.[C-]#N. The summed E-state index contributed by atoms with van der Waals surface area (Å²) in [7, 11) is 0. The standard InChI is InChI=1S/C16H29N.CN/c1-3-5-6-7-8-9-10-11-14-17-15-12-13-16(17)4-2;1-2/h12-13,15H,3-11,14H2,1-2H3;/q;-1/p+1. The van der Waals surface area contributed by atoms with E-state index in [0.717, 1.165) is 0 Å². The highest BCUT2D eigenvalue weighted by atomic mass is 15.1. The Morgan fingerprint density at radius 1 is 0.947 bits per heavy atom. The van der Waals surface area contributed by atoms with Gasteiger partial charge in [0.25, 0.3) is 0 Å². The summed E-state index contributed by atoms with van der Waals surface area (Å²) in [6, 6.07) is 0. The molecule has 0 aromatic carbocycles. The van der Waals surface area contributed by atoms with Crippen molar-refractivity contribution in [2.24, 2.45) is 0 Å². The number of hydrogen-bond acceptors (Lipinski definition) is 1. The molecule has 1 N–H and O–H groups in total. The molecule has 0 aromatic rings. The van der Waals surface area contributed by atoms with E-state index in [0.29, 0.717) is 0 Å². The lowest BCUT2D eigenvalue weighted by atomic mass is 10.1. The van der Waals surface area contributed by atoms with Gasteiger partial charge in [0, 0.05) is 12.5 Å². The summed E-state index contributed by atoms with van der Waals surface area (Å²) in [4.78, 5) is 1.60. The molecule has 1 unspecified atom stereocenters. The van der Waals surface area contributed by atoms with Gasteiger partial charge in [-0.15, -0.1) is 0 Å². The molecule has 0 saturated heterocycles. The second-order valence-corrected chi connectivity index (χ2v) is 5.15. The second-order valence-electron chi connectivity index (χ2n) is 5.15. The second kappa shape index (κ2) is 13.4. The van der Waals surface area contributed by atoms with Crippen molar-refractivity contribution in [1.29, 1.82) is 5.26 Å². The minimum absolute atomic E-state index is 1.19. The predicted octanol–water partition coefficient (Wildman–Crippen LogP) is 3.93. The third kappa shape index (κ3) is 8.61. The molecular weight excluding hydrogens is 232 g/mol. The molecule has 1 aliphatic heterocycles. The van der Waals surface area contributed by atoms with Gasteiger partial charge < -0.3 is 11.8 Å². The fourth-order valence-corrected chi connectivity index (χ4v) is 2.53. The Kier molecular flexibility index (Phi) is 12.6. The van der Waals surface area contributed by atoms with Crippen LogP contribution in [0.1, 0.15) is 71.6 Å². The van der Waals surface area contributed by atoms with Gasteiger partial charge in [0.2, 0.25) is 0 Å². The number of rotatable bonds is 10. The van der Waals surface area contributed by atoms with Crippen LogP contribution in [0.5, 0.6) is 0 Å². The molecule has 1 rings (SSSR count). The van der Waals surface area contributed by atoms with Crippen molar-refractivity contribution in [3.8, 4) is 0 Å². The first kappa shape index (κ1) is 17.9. The van der Waals surface area contributed by atoms with E-state index in [2.05, 4.69) is 32.2 Å². The van der Waals surface area contributed by atoms with E-state index in [9.17, 15) is 0 Å². The molecule has 0 amide bonds. The van der Waals surface area contributed by atoms with Crippen LogP contribution in [0.25, 0.3) is 0 Å². The molecule has 19 heavy (non-hydrogen) atoms. The molecule has 2 nitrogen and oxygen atoms in total. The van der Waals surface area contributed by atoms with E-state index >= 15 is 0 Å². The Labute approximate surface area is 119 Å². The normalized spacial score (nSPS) is 16.8. The quantitative estimate of drug-likeness (QED) is 0.469. The fourth-order valence-electron chi connectivity index (χ4n) is 2.53. The van der Waals surface area contributed by atoms with Gasteiger partial charge in [-0.1, -0.05) is 52.4 Å². The Bertz CT molecular complexity index is 276. The van der Waals surface area contributed by atoms with Gasteiger partial charge in [-0.2, -0.15) is 0 Å². The van der Waals surface area contributed by atoms with Crippen molar-refractivity contribution in [2.75, 3.05) is 6.54 Å². The van der Waals surface area contributed by atoms with Crippen LogP contribution in [0.2, 0.25) is 0 Å². The fraction of sp³-hybridized carbons (Fsp3) is 0.706. The maximum absolute atomic E-state index is 6.25. The van der Waals surface area contributed by atoms with Crippen LogP contribution in [0.4, 0.5) is 0 Å². The topological polar surface area (TPSA) is 28.2 Å². The summed E-state index contributed by atoms with van der Waals surface area (Å²) in [5.74, 6) is 0. The van der Waals surface area contributed by atoms with Crippen molar-refractivity contribution >= 4 is 0 Å². The highest BCUT2D eigenvalue weighted by Crippen LogP contribution is 2.08. The highest BCUT2D eigenvalue weighted by molar-refractivity contribution is 5.09. The Balaban J connectivity index is 0.00000154. The van der Waals surface area contributed by atoms with Gasteiger partial charge in [-0.25, -0.2) is 0 Å². The van der Waals surface area contributed by atoms with Gasteiger partial charge in [-0.3, -0.25) is 4.90 Å². The Morgan fingerprint density at radius 2 is 1.53 bits per heavy atom. The molecule has 1 aliphatic rings. The third-order valence-electron chi connectivity index (χ3n) is 3.69. The lowest BCUT2D eigenvalue weighted by molar-refractivity contribution is -0.804. The summed E-state index contributed by atoms with van der Waals surface area (Å²) < 4.78 is 0. The first-order valence-electron chi connectivity index (χ1n) is 7.84. The number of nitrogens with zero attached hydrogens (tertiary/aromatic N) is 1. The lowest BCUT2D eigenvalue weighted by Gasteiger charge is -2.12. The van der Waals surface area contributed by atoms with Crippen LogP contribution in [-0.4, -0.2) is 6.54 Å². The smallest absolute Gasteiger partial charge is 0.112 e. The Morgan fingerprint density at radius 3 is 2.11 bits per heavy atom. The molecule has 0 fully saturated rings. The zero-order valence-corrected chi connectivity index (χ0v) is 12.8. The summed E-state index contributed by atoms with van der Waals surface area (Å²) in [6.07, 6.45) is 19.3. The first-order valence-corrected chi connectivity index (χ1v) is 7.84. The van der Waals surface area contributed by atoms with Crippen LogP contribution in [0.3, 0.4) is 0 Å². The maximum atomic E-state index is 6.25. The van der Waals surface area contributed by atoms with E-state index in [1.54, 1.807) is 10.6 Å². The van der Waals surface area contributed by atoms with Gasteiger partial charge in [0.05, 0.1) is 12.7 Å². The van der Waals surface area contributed by atoms with Crippen molar-refractivity contribution in [2.45, 2.75) is 71.6 Å². The maximum Gasteiger partial charge on any atom is 0.112 e. The molecular formula is C17H30N2. The van der Waals surface area contributed by atoms with Gasteiger partial charge in [-0.05, 0) is 18.9 Å². The number of nitrogens with one attached hydrogen (secondary N) is 1.